The van der Waals surface area contributed by atoms with Crippen LogP contribution >= 0.6 is 0 Å². The van der Waals surface area contributed by atoms with Crippen molar-refractivity contribution in [3.63, 3.8) is 0 Å². The molecule has 7 heteroatoms. The van der Waals surface area contributed by atoms with E-state index >= 15 is 0 Å². The normalized spacial score (nSPS) is 12.7. The van der Waals surface area contributed by atoms with Gasteiger partial charge in [-0.2, -0.15) is 0 Å². The van der Waals surface area contributed by atoms with Gasteiger partial charge in [-0.15, -0.1) is 5.10 Å². The first-order valence-corrected chi connectivity index (χ1v) is 8.11. The number of aliphatic hydroxyl groups is 1. The molecule has 1 unspecified atom stereocenters. The van der Waals surface area contributed by atoms with E-state index in [1.54, 1.807) is 25.2 Å². The van der Waals surface area contributed by atoms with Crippen LogP contribution in [-0.4, -0.2) is 66.2 Å². The molecule has 0 aliphatic heterocycles. The molecule has 1 atom stereocenters. The Morgan fingerprint density at radius 1 is 1.33 bits per heavy atom. The van der Waals surface area contributed by atoms with Gasteiger partial charge >= 0.3 is 0 Å². The zero-order chi connectivity index (χ0) is 17.5. The summed E-state index contributed by atoms with van der Waals surface area (Å²) < 4.78 is 6.90. The van der Waals surface area contributed by atoms with Gasteiger partial charge in [0.2, 0.25) is 5.88 Å². The summed E-state index contributed by atoms with van der Waals surface area (Å²) in [6.07, 6.45) is 0.385. The summed E-state index contributed by atoms with van der Waals surface area (Å²) in [5.74, 6) is 0.361. The molecule has 1 heterocycles. The fourth-order valence-corrected chi connectivity index (χ4v) is 2.40. The van der Waals surface area contributed by atoms with E-state index in [0.717, 1.165) is 19.5 Å². The summed E-state index contributed by atoms with van der Waals surface area (Å²) >= 11 is 0. The number of benzene rings is 1. The second-order valence-corrected chi connectivity index (χ2v) is 6.11. The van der Waals surface area contributed by atoms with E-state index in [1.165, 1.54) is 4.68 Å². The van der Waals surface area contributed by atoms with Crippen LogP contribution in [0, 0.1) is 0 Å². The lowest BCUT2D eigenvalue weighted by Gasteiger charge is -2.15. The first-order valence-electron chi connectivity index (χ1n) is 8.11. The topological polar surface area (TPSA) is 79.6 Å². The molecule has 2 N–H and O–H groups in total. The van der Waals surface area contributed by atoms with Gasteiger partial charge in [-0.25, -0.2) is 4.68 Å². The highest BCUT2D eigenvalue weighted by atomic mass is 16.5. The van der Waals surface area contributed by atoms with E-state index in [0.29, 0.717) is 23.2 Å². The van der Waals surface area contributed by atoms with Crippen LogP contribution in [0.15, 0.2) is 29.1 Å². The van der Waals surface area contributed by atoms with Crippen LogP contribution in [0.4, 0.5) is 0 Å². The Bertz CT molecular complexity index is 715. The van der Waals surface area contributed by atoms with Gasteiger partial charge in [0.05, 0.1) is 10.8 Å². The molecule has 0 bridgehead atoms. The molecule has 0 aliphatic carbocycles. The minimum atomic E-state index is -0.637. The summed E-state index contributed by atoms with van der Waals surface area (Å²) in [4.78, 5) is 14.2. The van der Waals surface area contributed by atoms with Crippen LogP contribution in [0.1, 0.15) is 6.42 Å². The van der Waals surface area contributed by atoms with Gasteiger partial charge in [-0.3, -0.25) is 4.79 Å². The Kier molecular flexibility index (Phi) is 6.72. The molecule has 7 nitrogen and oxygen atoms in total. The molecule has 24 heavy (non-hydrogen) atoms. The third-order valence-electron chi connectivity index (χ3n) is 3.67. The number of aryl methyl sites for hydroxylation is 1. The lowest BCUT2D eigenvalue weighted by molar-refractivity contribution is 0.103. The number of nitrogens with one attached hydrogen (secondary N) is 1. The van der Waals surface area contributed by atoms with E-state index in [2.05, 4.69) is 15.3 Å². The van der Waals surface area contributed by atoms with Gasteiger partial charge in [0, 0.05) is 13.6 Å². The van der Waals surface area contributed by atoms with Crippen LogP contribution in [0.2, 0.25) is 0 Å². The number of rotatable bonds is 9. The maximum Gasteiger partial charge on any atom is 0.274 e. The molecule has 0 amide bonds. The summed E-state index contributed by atoms with van der Waals surface area (Å²) in [5.41, 5.74) is -0.166. The van der Waals surface area contributed by atoms with Gasteiger partial charge < -0.3 is 20.1 Å². The van der Waals surface area contributed by atoms with Crippen molar-refractivity contribution in [2.45, 2.75) is 12.5 Å². The number of nitrogens with zero attached hydrogens (tertiary/aromatic N) is 3. The van der Waals surface area contributed by atoms with Crippen molar-refractivity contribution in [3.8, 4) is 5.88 Å². The molecule has 0 aliphatic rings. The molecule has 1 aromatic heterocycles. The van der Waals surface area contributed by atoms with Gasteiger partial charge in [-0.05, 0) is 45.7 Å². The van der Waals surface area contributed by atoms with Crippen LogP contribution < -0.4 is 15.6 Å². The fourth-order valence-electron chi connectivity index (χ4n) is 2.40. The number of aromatic nitrogens is 2. The van der Waals surface area contributed by atoms with Gasteiger partial charge in [0.15, 0.2) is 0 Å². The standard InChI is InChI=1S/C17H26N4O3/c1-20(2)10-6-9-18-11-13(22)12-24-16-14-7-4-5-8-15(14)17(23)21(3)19-16/h4-5,7-8,13,18,22H,6,9-12H2,1-3H3. The molecule has 0 saturated carbocycles. The van der Waals surface area contributed by atoms with Crippen molar-refractivity contribution in [1.29, 1.82) is 0 Å². The Morgan fingerprint density at radius 3 is 2.75 bits per heavy atom. The predicted octanol–water partition coefficient (Wildman–Crippen LogP) is 0.215. The quantitative estimate of drug-likeness (QED) is 0.639. The summed E-state index contributed by atoms with van der Waals surface area (Å²) in [6.45, 7) is 2.43. The first-order chi connectivity index (χ1) is 11.5. The highest BCUT2D eigenvalue weighted by Crippen LogP contribution is 2.19. The summed E-state index contributed by atoms with van der Waals surface area (Å²) in [6, 6.07) is 7.18. The van der Waals surface area contributed by atoms with Crippen LogP contribution in [0.25, 0.3) is 10.8 Å². The lowest BCUT2D eigenvalue weighted by atomic mass is 10.2. The maximum absolute atomic E-state index is 12.1. The van der Waals surface area contributed by atoms with E-state index in [4.69, 9.17) is 4.74 Å². The predicted molar refractivity (Wildman–Crippen MR) is 94.5 cm³/mol. The Labute approximate surface area is 141 Å². The summed E-state index contributed by atoms with van der Waals surface area (Å²) in [5, 5.41) is 18.6. The van der Waals surface area contributed by atoms with Crippen LogP contribution in [0.5, 0.6) is 5.88 Å². The highest BCUT2D eigenvalue weighted by molar-refractivity contribution is 5.85. The van der Waals surface area contributed by atoms with Gasteiger partial charge in [0.25, 0.3) is 5.56 Å². The molecule has 0 saturated heterocycles. The van der Waals surface area contributed by atoms with Gasteiger partial charge in [0.1, 0.15) is 12.7 Å². The average Bonchev–Trinajstić information content (AvgIpc) is 2.56. The van der Waals surface area contributed by atoms with Crippen LogP contribution in [-0.2, 0) is 7.05 Å². The highest BCUT2D eigenvalue weighted by Gasteiger charge is 2.11. The zero-order valence-electron chi connectivity index (χ0n) is 14.5. The molecular formula is C17H26N4O3. The average molecular weight is 334 g/mol. The molecule has 2 rings (SSSR count). The smallest absolute Gasteiger partial charge is 0.274 e. The minimum absolute atomic E-state index is 0.121. The second-order valence-electron chi connectivity index (χ2n) is 6.11. The third-order valence-corrected chi connectivity index (χ3v) is 3.67. The van der Waals surface area contributed by atoms with Crippen molar-refractivity contribution in [2.75, 3.05) is 40.3 Å². The molecule has 2 aromatic rings. The number of fused-ring (bicyclic) bond motifs is 1. The van der Waals surface area contributed by atoms with Crippen molar-refractivity contribution >= 4 is 10.8 Å². The van der Waals surface area contributed by atoms with Crippen LogP contribution in [0.3, 0.4) is 0 Å². The van der Waals surface area contributed by atoms with Crippen molar-refractivity contribution in [2.24, 2.45) is 7.05 Å². The van der Waals surface area contributed by atoms with E-state index in [9.17, 15) is 9.90 Å². The summed E-state index contributed by atoms with van der Waals surface area (Å²) in [7, 11) is 5.66. The maximum atomic E-state index is 12.1. The van der Waals surface area contributed by atoms with Crippen molar-refractivity contribution in [3.05, 3.63) is 34.6 Å². The number of hydrogen-bond acceptors (Lipinski definition) is 6. The second kappa shape index (κ2) is 8.77. The lowest BCUT2D eigenvalue weighted by Crippen LogP contribution is -2.33. The first kappa shape index (κ1) is 18.4. The van der Waals surface area contributed by atoms with Crippen molar-refractivity contribution in [1.82, 2.24) is 20.0 Å². The van der Waals surface area contributed by atoms with E-state index in [-0.39, 0.29) is 12.2 Å². The zero-order valence-corrected chi connectivity index (χ0v) is 14.5. The molecular weight excluding hydrogens is 308 g/mol. The Hall–Kier alpha value is -1.96. The van der Waals surface area contributed by atoms with E-state index in [1.807, 2.05) is 20.2 Å². The molecule has 0 spiro atoms. The molecule has 0 radical (unpaired) electrons. The van der Waals surface area contributed by atoms with Crippen molar-refractivity contribution < 1.29 is 9.84 Å². The Morgan fingerprint density at radius 2 is 2.04 bits per heavy atom. The monoisotopic (exact) mass is 334 g/mol. The minimum Gasteiger partial charge on any atom is -0.473 e. The molecule has 132 valence electrons. The third kappa shape index (κ3) is 5.02. The fraction of sp³-hybridized carbons (Fsp3) is 0.529. The molecule has 0 fully saturated rings. The number of hydrogen-bond donors (Lipinski definition) is 2. The van der Waals surface area contributed by atoms with Gasteiger partial charge in [-0.1, -0.05) is 12.1 Å². The Balaban J connectivity index is 1.89. The SMILES string of the molecule is CN(C)CCCNCC(O)COc1nn(C)c(=O)c2ccccc12. The van der Waals surface area contributed by atoms with E-state index < -0.39 is 6.10 Å². The largest absolute Gasteiger partial charge is 0.473 e. The molecule has 1 aromatic carbocycles. The number of aliphatic hydroxyl groups excluding tert-OH is 1. The number of ether oxygens (including phenoxy) is 1.